The van der Waals surface area contributed by atoms with Crippen LogP contribution in [0.2, 0.25) is 0 Å². The Morgan fingerprint density at radius 3 is 2.65 bits per heavy atom. The van der Waals surface area contributed by atoms with E-state index in [9.17, 15) is 9.59 Å². The first-order valence-corrected chi connectivity index (χ1v) is 11.3. The molecule has 4 rings (SSSR count). The van der Waals surface area contributed by atoms with E-state index in [2.05, 4.69) is 17.1 Å². The molecule has 0 saturated carbocycles. The molecule has 31 heavy (non-hydrogen) atoms. The van der Waals surface area contributed by atoms with Gasteiger partial charge in [0.1, 0.15) is 11.9 Å². The highest BCUT2D eigenvalue weighted by molar-refractivity contribution is 6.04. The number of rotatable bonds is 6. The van der Waals surface area contributed by atoms with Gasteiger partial charge in [-0.25, -0.2) is 0 Å². The Kier molecular flexibility index (Phi) is 6.44. The van der Waals surface area contributed by atoms with E-state index in [1.807, 2.05) is 48.2 Å². The molecule has 0 radical (unpaired) electrons. The first kappa shape index (κ1) is 21.2. The predicted octanol–water partition coefficient (Wildman–Crippen LogP) is 4.20. The average molecular weight is 422 g/mol. The molecule has 1 unspecified atom stereocenters. The minimum absolute atomic E-state index is 0.0907. The zero-order valence-electron chi connectivity index (χ0n) is 18.4. The van der Waals surface area contributed by atoms with Crippen molar-refractivity contribution in [3.8, 4) is 5.75 Å². The Bertz CT molecular complexity index is 942. The number of hydrogen-bond acceptors (Lipinski definition) is 4. The number of benzene rings is 2. The molecule has 2 amide bonds. The molecule has 0 bridgehead atoms. The van der Waals surface area contributed by atoms with Gasteiger partial charge in [0.2, 0.25) is 0 Å². The zero-order valence-corrected chi connectivity index (χ0v) is 18.4. The molecule has 1 fully saturated rings. The summed E-state index contributed by atoms with van der Waals surface area (Å²) in [5, 5.41) is 2.99. The number of nitrogens with one attached hydrogen (secondary N) is 1. The van der Waals surface area contributed by atoms with Gasteiger partial charge in [0.25, 0.3) is 11.8 Å². The lowest BCUT2D eigenvalue weighted by atomic mass is 10.0. The van der Waals surface area contributed by atoms with Crippen molar-refractivity contribution >= 4 is 17.5 Å². The van der Waals surface area contributed by atoms with E-state index in [0.29, 0.717) is 24.3 Å². The van der Waals surface area contributed by atoms with Crippen molar-refractivity contribution in [3.05, 3.63) is 59.2 Å². The van der Waals surface area contributed by atoms with Crippen LogP contribution in [0.25, 0.3) is 0 Å². The van der Waals surface area contributed by atoms with Crippen molar-refractivity contribution in [2.45, 2.75) is 52.2 Å². The molecule has 2 aliphatic heterocycles. The zero-order chi connectivity index (χ0) is 21.8. The van der Waals surface area contributed by atoms with Gasteiger partial charge in [-0.05, 0) is 69.0 Å². The maximum Gasteiger partial charge on any atom is 0.257 e. The minimum atomic E-state index is -0.136. The number of fused-ring (bicyclic) bond motifs is 2. The van der Waals surface area contributed by atoms with Crippen molar-refractivity contribution < 1.29 is 14.3 Å². The van der Waals surface area contributed by atoms with Gasteiger partial charge < -0.3 is 19.9 Å². The second-order valence-electron chi connectivity index (χ2n) is 8.11. The van der Waals surface area contributed by atoms with Crippen LogP contribution in [-0.4, -0.2) is 42.6 Å². The third-order valence-corrected chi connectivity index (χ3v) is 6.17. The molecule has 0 spiro atoms. The summed E-state index contributed by atoms with van der Waals surface area (Å²) in [7, 11) is 0. The highest BCUT2D eigenvalue weighted by atomic mass is 16.5. The molecule has 6 nitrogen and oxygen atoms in total. The average Bonchev–Trinajstić information content (AvgIpc) is 3.05. The number of amides is 2. The summed E-state index contributed by atoms with van der Waals surface area (Å²) in [5.41, 5.74) is 3.17. The summed E-state index contributed by atoms with van der Waals surface area (Å²) in [6.07, 6.45) is 4.42. The molecule has 2 heterocycles. The summed E-state index contributed by atoms with van der Waals surface area (Å²) in [5.74, 6) is 0.778. The van der Waals surface area contributed by atoms with Crippen LogP contribution in [0.4, 0.5) is 5.69 Å². The van der Waals surface area contributed by atoms with Crippen LogP contribution in [0.15, 0.2) is 42.5 Å². The number of hydrogen-bond donors (Lipinski definition) is 1. The largest absolute Gasteiger partial charge is 0.494 e. The van der Waals surface area contributed by atoms with Crippen LogP contribution in [0, 0.1) is 0 Å². The maximum atomic E-state index is 13.1. The summed E-state index contributed by atoms with van der Waals surface area (Å²) < 4.78 is 5.46. The molecule has 6 heteroatoms. The van der Waals surface area contributed by atoms with E-state index in [-0.39, 0.29) is 18.0 Å². The first-order chi connectivity index (χ1) is 15.1. The lowest BCUT2D eigenvalue weighted by Crippen LogP contribution is -2.55. The fourth-order valence-electron chi connectivity index (χ4n) is 4.59. The van der Waals surface area contributed by atoms with Gasteiger partial charge in [0, 0.05) is 25.2 Å². The van der Waals surface area contributed by atoms with Gasteiger partial charge in [0.05, 0.1) is 17.9 Å². The fraction of sp³-hybridized carbons (Fsp3) is 0.440. The third kappa shape index (κ3) is 4.38. The summed E-state index contributed by atoms with van der Waals surface area (Å²) >= 11 is 0. The second-order valence-corrected chi connectivity index (χ2v) is 8.11. The second kappa shape index (κ2) is 9.41. The molecule has 164 valence electrons. The van der Waals surface area contributed by atoms with E-state index < -0.39 is 0 Å². The molecule has 2 aromatic carbocycles. The normalized spacial score (nSPS) is 18.1. The van der Waals surface area contributed by atoms with Crippen LogP contribution in [-0.2, 0) is 6.54 Å². The van der Waals surface area contributed by atoms with Crippen molar-refractivity contribution in [3.63, 3.8) is 0 Å². The van der Waals surface area contributed by atoms with Gasteiger partial charge in [-0.3, -0.25) is 9.59 Å². The molecule has 2 aliphatic rings. The smallest absolute Gasteiger partial charge is 0.257 e. The van der Waals surface area contributed by atoms with Crippen LogP contribution >= 0.6 is 0 Å². The predicted molar refractivity (Wildman–Crippen MR) is 122 cm³/mol. The van der Waals surface area contributed by atoms with Crippen LogP contribution in [0.1, 0.15) is 65.8 Å². The van der Waals surface area contributed by atoms with Gasteiger partial charge in [-0.1, -0.05) is 18.6 Å². The quantitative estimate of drug-likeness (QED) is 0.759. The molecule has 1 atom stereocenters. The first-order valence-electron chi connectivity index (χ1n) is 11.3. The van der Waals surface area contributed by atoms with E-state index in [4.69, 9.17) is 4.74 Å². The Morgan fingerprint density at radius 2 is 1.90 bits per heavy atom. The molecular formula is C25H31N3O3. The van der Waals surface area contributed by atoms with Crippen molar-refractivity contribution in [2.24, 2.45) is 0 Å². The van der Waals surface area contributed by atoms with Crippen LogP contribution < -0.4 is 15.0 Å². The number of carbonyl (C=O) groups is 2. The van der Waals surface area contributed by atoms with Gasteiger partial charge in [0.15, 0.2) is 0 Å². The molecule has 0 aromatic heterocycles. The molecule has 2 aromatic rings. The Balaban J connectivity index is 1.51. The summed E-state index contributed by atoms with van der Waals surface area (Å²) in [6, 6.07) is 13.2. The highest BCUT2D eigenvalue weighted by Crippen LogP contribution is 2.35. The molecule has 0 aliphatic carbocycles. The minimum Gasteiger partial charge on any atom is -0.494 e. The maximum absolute atomic E-state index is 13.1. The number of anilines is 1. The molecular weight excluding hydrogens is 390 g/mol. The Morgan fingerprint density at radius 1 is 1.10 bits per heavy atom. The van der Waals surface area contributed by atoms with E-state index in [1.54, 1.807) is 6.07 Å². The van der Waals surface area contributed by atoms with Gasteiger partial charge in [-0.2, -0.15) is 0 Å². The van der Waals surface area contributed by atoms with Crippen LogP contribution in [0.3, 0.4) is 0 Å². The van der Waals surface area contributed by atoms with E-state index in [1.165, 1.54) is 0 Å². The van der Waals surface area contributed by atoms with Crippen molar-refractivity contribution in [1.82, 2.24) is 10.2 Å². The third-order valence-electron chi connectivity index (χ3n) is 6.17. The Labute approximate surface area is 184 Å². The summed E-state index contributed by atoms with van der Waals surface area (Å²) in [4.78, 5) is 30.3. The van der Waals surface area contributed by atoms with Crippen molar-refractivity contribution in [2.75, 3.05) is 24.6 Å². The topological polar surface area (TPSA) is 61.9 Å². The lowest BCUT2D eigenvalue weighted by molar-refractivity contribution is 0.0656. The standard InChI is InChI=1S/C25H31N3O3/c1-3-27-22-16-19(24(29)26-17-18-9-12-20(13-10-18)31-4-2)11-14-21(22)25(30)28-15-7-5-6-8-23(27)28/h9-14,16,23H,3-8,15,17H2,1-2H3,(H,26,29). The number of carbonyl (C=O) groups excluding carboxylic acids is 2. The lowest BCUT2D eigenvalue weighted by Gasteiger charge is -2.44. The highest BCUT2D eigenvalue weighted by Gasteiger charge is 2.37. The van der Waals surface area contributed by atoms with E-state index >= 15 is 0 Å². The summed E-state index contributed by atoms with van der Waals surface area (Å²) in [6.45, 7) is 6.75. The Hall–Kier alpha value is -3.02. The fourth-order valence-corrected chi connectivity index (χ4v) is 4.59. The SMILES string of the molecule is CCOc1ccc(CNC(=O)c2ccc3c(c2)N(CC)C2CCCCCN2C3=O)cc1. The molecule has 1 saturated heterocycles. The van der Waals surface area contributed by atoms with Crippen LogP contribution in [0.5, 0.6) is 5.75 Å². The molecule has 1 N–H and O–H groups in total. The van der Waals surface area contributed by atoms with Crippen molar-refractivity contribution in [1.29, 1.82) is 0 Å². The van der Waals surface area contributed by atoms with E-state index in [0.717, 1.165) is 55.8 Å². The van der Waals surface area contributed by atoms with Gasteiger partial charge >= 0.3 is 0 Å². The number of nitrogens with zero attached hydrogens (tertiary/aromatic N) is 2. The number of ether oxygens (including phenoxy) is 1. The monoisotopic (exact) mass is 421 g/mol. The van der Waals surface area contributed by atoms with Gasteiger partial charge in [-0.15, -0.1) is 0 Å².